The number of hydrogen-bond donors (Lipinski definition) is 6. The fourth-order valence-corrected chi connectivity index (χ4v) is 5.69. The van der Waals surface area contributed by atoms with Gasteiger partial charge in [0, 0.05) is 36.4 Å². The van der Waals surface area contributed by atoms with Crippen LogP contribution in [-0.2, 0) is 30.6 Å². The third-order valence-corrected chi connectivity index (χ3v) is 7.70. The van der Waals surface area contributed by atoms with Gasteiger partial charge in [0.05, 0.1) is 32.0 Å². The Labute approximate surface area is 229 Å². The quantitative estimate of drug-likeness (QED) is 0.138. The van der Waals surface area contributed by atoms with E-state index < -0.39 is 30.3 Å². The van der Waals surface area contributed by atoms with Gasteiger partial charge >= 0.3 is 0 Å². The molecular weight excluding hydrogens is 498 g/mol. The number of aryl methyl sites for hydroxylation is 2. The van der Waals surface area contributed by atoms with Gasteiger partial charge in [-0.2, -0.15) is 0 Å². The fourth-order valence-electron chi connectivity index (χ4n) is 5.69. The number of aliphatic hydroxyl groups is 2. The first kappa shape index (κ1) is 28.8. The number of aromatic amines is 1. The molecule has 8 heteroatoms. The lowest BCUT2D eigenvalue weighted by atomic mass is 9.86. The maximum absolute atomic E-state index is 10.8. The van der Waals surface area contributed by atoms with Crippen molar-refractivity contribution >= 4 is 0 Å². The highest BCUT2D eigenvalue weighted by Gasteiger charge is 2.35. The molecule has 1 fully saturated rings. The third kappa shape index (κ3) is 6.69. The smallest absolute Gasteiger partial charge is 0.201 e. The Morgan fingerprint density at radius 2 is 1.82 bits per heavy atom. The van der Waals surface area contributed by atoms with Gasteiger partial charge in [-0.25, -0.2) is 0 Å². The number of phenols is 3. The van der Waals surface area contributed by atoms with E-state index in [0.717, 1.165) is 48.8 Å². The predicted molar refractivity (Wildman–Crippen MR) is 148 cm³/mol. The molecule has 3 atom stereocenters. The minimum absolute atomic E-state index is 0.126. The van der Waals surface area contributed by atoms with E-state index in [1.807, 2.05) is 18.3 Å². The van der Waals surface area contributed by atoms with Crippen molar-refractivity contribution in [3.05, 3.63) is 70.0 Å². The number of benzene rings is 2. The van der Waals surface area contributed by atoms with Crippen LogP contribution in [0.3, 0.4) is 0 Å². The van der Waals surface area contributed by atoms with Gasteiger partial charge in [0.1, 0.15) is 5.75 Å². The van der Waals surface area contributed by atoms with Crippen LogP contribution in [0.1, 0.15) is 84.9 Å². The summed E-state index contributed by atoms with van der Waals surface area (Å²) >= 11 is 0. The van der Waals surface area contributed by atoms with Gasteiger partial charge in [-0.05, 0) is 66.5 Å². The Balaban J connectivity index is 1.59. The highest BCUT2D eigenvalue weighted by molar-refractivity contribution is 5.64. The molecule has 2 heterocycles. The van der Waals surface area contributed by atoms with Gasteiger partial charge in [-0.1, -0.05) is 31.9 Å². The van der Waals surface area contributed by atoms with Crippen molar-refractivity contribution in [1.82, 2.24) is 4.98 Å². The fraction of sp³-hybridized carbons (Fsp3) is 0.484. The Bertz CT molecular complexity index is 1220. The Kier molecular flexibility index (Phi) is 9.78. The Hall–Kier alpha value is -3.20. The van der Waals surface area contributed by atoms with E-state index in [2.05, 4.69) is 18.0 Å². The average molecular weight is 540 g/mol. The zero-order valence-corrected chi connectivity index (χ0v) is 22.8. The van der Waals surface area contributed by atoms with Crippen LogP contribution >= 0.6 is 0 Å². The second kappa shape index (κ2) is 13.2. The van der Waals surface area contributed by atoms with Crippen molar-refractivity contribution in [1.29, 1.82) is 0 Å². The summed E-state index contributed by atoms with van der Waals surface area (Å²) in [7, 11) is 1.42. The van der Waals surface area contributed by atoms with Crippen LogP contribution in [0, 0.1) is 0 Å². The van der Waals surface area contributed by atoms with Crippen LogP contribution in [0.15, 0.2) is 36.7 Å². The van der Waals surface area contributed by atoms with Crippen LogP contribution in [0.4, 0.5) is 0 Å². The van der Waals surface area contributed by atoms with E-state index >= 15 is 0 Å². The Morgan fingerprint density at radius 3 is 2.51 bits per heavy atom. The molecule has 3 aromatic rings. The molecule has 0 radical (unpaired) electrons. The Morgan fingerprint density at radius 1 is 1.00 bits per heavy atom. The largest absolute Gasteiger partial charge is 0.508 e. The van der Waals surface area contributed by atoms with Crippen molar-refractivity contribution in [2.24, 2.45) is 0 Å². The second-order valence-electron chi connectivity index (χ2n) is 10.5. The van der Waals surface area contributed by atoms with Gasteiger partial charge in [0.15, 0.2) is 11.5 Å². The molecule has 4 rings (SSSR count). The van der Waals surface area contributed by atoms with E-state index in [1.54, 1.807) is 12.3 Å². The molecule has 0 aliphatic carbocycles. The first-order valence-corrected chi connectivity index (χ1v) is 13.9. The SMILES string of the molecule is CCCCCc1cc(CC[C@H]2C[C@@H](O)C[C@@H](c3c(CO)c(O)c(O)c(OC)c3Cc3cc[nH]c3)O2)ccc1O. The predicted octanol–water partition coefficient (Wildman–Crippen LogP) is 5.17. The molecular formula is C31H41NO7. The molecule has 212 valence electrons. The van der Waals surface area contributed by atoms with Crippen molar-refractivity contribution in [3.8, 4) is 23.0 Å². The second-order valence-corrected chi connectivity index (χ2v) is 10.5. The summed E-state index contributed by atoms with van der Waals surface area (Å²) in [4.78, 5) is 3.02. The van der Waals surface area contributed by atoms with Crippen LogP contribution in [0.5, 0.6) is 23.0 Å². The first-order valence-electron chi connectivity index (χ1n) is 13.9. The number of unbranched alkanes of at least 4 members (excludes halogenated alkanes) is 2. The van der Waals surface area contributed by atoms with E-state index in [4.69, 9.17) is 9.47 Å². The van der Waals surface area contributed by atoms with E-state index in [1.165, 1.54) is 7.11 Å². The minimum Gasteiger partial charge on any atom is -0.508 e. The number of methoxy groups -OCH3 is 1. The lowest BCUT2D eigenvalue weighted by molar-refractivity contribution is -0.101. The standard InChI is InChI=1S/C31H41NO7/c1-3-4-5-6-21-13-19(8-10-26(21)35)7-9-23-15-22(34)16-27(39-23)28-24(14-20-11-12-32-17-20)31(38-2)30(37)29(36)25(28)18-33/h8,10-13,17,22-23,27,32-37H,3-7,9,14-16,18H2,1-2H3/t22-,23+,27+/m1/s1. The summed E-state index contributed by atoms with van der Waals surface area (Å²) in [5.41, 5.74) is 4.30. The molecule has 39 heavy (non-hydrogen) atoms. The van der Waals surface area contributed by atoms with Crippen LogP contribution in [0.25, 0.3) is 0 Å². The van der Waals surface area contributed by atoms with E-state index in [-0.39, 0.29) is 23.8 Å². The highest BCUT2D eigenvalue weighted by Crippen LogP contribution is 2.49. The number of ether oxygens (including phenoxy) is 2. The van der Waals surface area contributed by atoms with Crippen LogP contribution < -0.4 is 4.74 Å². The van der Waals surface area contributed by atoms with Crippen molar-refractivity contribution in [3.63, 3.8) is 0 Å². The molecule has 6 N–H and O–H groups in total. The third-order valence-electron chi connectivity index (χ3n) is 7.70. The zero-order valence-electron chi connectivity index (χ0n) is 22.8. The van der Waals surface area contributed by atoms with Gasteiger partial charge in [-0.3, -0.25) is 0 Å². The average Bonchev–Trinajstić information content (AvgIpc) is 3.44. The number of rotatable bonds is 12. The number of aromatic nitrogens is 1. The van der Waals surface area contributed by atoms with E-state index in [9.17, 15) is 25.5 Å². The summed E-state index contributed by atoms with van der Waals surface area (Å²) in [5, 5.41) is 52.7. The normalized spacial score (nSPS) is 19.3. The van der Waals surface area contributed by atoms with Crippen molar-refractivity contribution < 1.29 is 35.0 Å². The van der Waals surface area contributed by atoms with Crippen molar-refractivity contribution in [2.75, 3.05) is 7.11 Å². The molecule has 1 saturated heterocycles. The summed E-state index contributed by atoms with van der Waals surface area (Å²) in [6, 6.07) is 7.64. The monoisotopic (exact) mass is 539 g/mol. The molecule has 0 spiro atoms. The number of phenolic OH excluding ortho intramolecular Hbond substituents is 2. The maximum atomic E-state index is 10.8. The minimum atomic E-state index is -0.633. The number of nitrogens with one attached hydrogen (secondary N) is 1. The molecule has 0 unspecified atom stereocenters. The summed E-state index contributed by atoms with van der Waals surface area (Å²) in [6.45, 7) is 1.65. The molecule has 1 aliphatic heterocycles. The number of aromatic hydroxyl groups is 3. The molecule has 2 aromatic carbocycles. The molecule has 0 bridgehead atoms. The maximum Gasteiger partial charge on any atom is 0.201 e. The van der Waals surface area contributed by atoms with Crippen LogP contribution in [0.2, 0.25) is 0 Å². The number of hydrogen-bond acceptors (Lipinski definition) is 7. The summed E-state index contributed by atoms with van der Waals surface area (Å²) in [5.74, 6) is -0.416. The summed E-state index contributed by atoms with van der Waals surface area (Å²) in [6.07, 6.45) is 8.77. The molecule has 0 saturated carbocycles. The van der Waals surface area contributed by atoms with E-state index in [0.29, 0.717) is 36.1 Å². The number of aliphatic hydroxyl groups excluding tert-OH is 2. The number of H-pyrrole nitrogens is 1. The molecule has 1 aromatic heterocycles. The molecule has 8 nitrogen and oxygen atoms in total. The van der Waals surface area contributed by atoms with Gasteiger partial charge in [0.2, 0.25) is 5.75 Å². The first-order chi connectivity index (χ1) is 18.9. The van der Waals surface area contributed by atoms with Crippen molar-refractivity contribution in [2.45, 2.75) is 89.6 Å². The topological polar surface area (TPSA) is 135 Å². The molecule has 1 aliphatic rings. The molecule has 0 amide bonds. The zero-order chi connectivity index (χ0) is 27.9. The van der Waals surface area contributed by atoms with Gasteiger partial charge < -0.3 is 40.0 Å². The lowest BCUT2D eigenvalue weighted by Crippen LogP contribution is -2.32. The van der Waals surface area contributed by atoms with Gasteiger partial charge in [0.25, 0.3) is 0 Å². The summed E-state index contributed by atoms with van der Waals surface area (Å²) < 4.78 is 12.0. The lowest BCUT2D eigenvalue weighted by Gasteiger charge is -2.36. The highest BCUT2D eigenvalue weighted by atomic mass is 16.5. The van der Waals surface area contributed by atoms with Gasteiger partial charge in [-0.15, -0.1) is 0 Å². The van der Waals surface area contributed by atoms with Crippen LogP contribution in [-0.4, -0.2) is 49.8 Å².